The van der Waals surface area contributed by atoms with Crippen LogP contribution in [-0.4, -0.2) is 84.5 Å². The first-order valence-electron chi connectivity index (χ1n) is 8.73. The van der Waals surface area contributed by atoms with Crippen LogP contribution in [0.2, 0.25) is 0 Å². The Balaban J connectivity index is 1.74. The molecule has 0 aliphatic carbocycles. The SMILES string of the molecule is CC(C)NS(=O)(=O)CCNc1nc(N2CCN(C)CC2)nc2ccnn12. The zero-order chi connectivity index (χ0) is 18.7. The molecule has 1 aliphatic rings. The van der Waals surface area contributed by atoms with Crippen LogP contribution in [0.4, 0.5) is 11.9 Å². The van der Waals surface area contributed by atoms with Crippen molar-refractivity contribution in [3.05, 3.63) is 12.3 Å². The Morgan fingerprint density at radius 3 is 2.62 bits per heavy atom. The third-order valence-electron chi connectivity index (χ3n) is 4.10. The molecule has 144 valence electrons. The van der Waals surface area contributed by atoms with E-state index in [4.69, 9.17) is 0 Å². The Labute approximate surface area is 153 Å². The first-order chi connectivity index (χ1) is 12.3. The van der Waals surface area contributed by atoms with Crippen molar-refractivity contribution in [2.24, 2.45) is 0 Å². The molecule has 0 aromatic carbocycles. The average Bonchev–Trinajstić information content (AvgIpc) is 3.02. The number of nitrogens with one attached hydrogen (secondary N) is 2. The third-order valence-corrected chi connectivity index (χ3v) is 5.67. The largest absolute Gasteiger partial charge is 0.353 e. The minimum absolute atomic E-state index is 0.0399. The lowest BCUT2D eigenvalue weighted by Gasteiger charge is -2.32. The van der Waals surface area contributed by atoms with Crippen molar-refractivity contribution < 1.29 is 8.42 Å². The summed E-state index contributed by atoms with van der Waals surface area (Å²) in [6.45, 7) is 7.44. The number of nitrogens with zero attached hydrogens (tertiary/aromatic N) is 6. The molecule has 2 aromatic rings. The summed E-state index contributed by atoms with van der Waals surface area (Å²) >= 11 is 0. The van der Waals surface area contributed by atoms with E-state index in [1.165, 1.54) is 0 Å². The van der Waals surface area contributed by atoms with Gasteiger partial charge in [0.15, 0.2) is 5.65 Å². The molecule has 3 heterocycles. The van der Waals surface area contributed by atoms with Crippen LogP contribution < -0.4 is 14.9 Å². The highest BCUT2D eigenvalue weighted by atomic mass is 32.2. The molecule has 0 unspecified atom stereocenters. The lowest BCUT2D eigenvalue weighted by Crippen LogP contribution is -2.45. The summed E-state index contributed by atoms with van der Waals surface area (Å²) in [4.78, 5) is 13.5. The molecule has 1 fully saturated rings. The minimum Gasteiger partial charge on any atom is -0.353 e. The van der Waals surface area contributed by atoms with E-state index in [0.29, 0.717) is 17.5 Å². The Morgan fingerprint density at radius 1 is 1.19 bits per heavy atom. The Kier molecular flexibility index (Phi) is 5.58. The highest BCUT2D eigenvalue weighted by Gasteiger charge is 2.19. The molecular formula is C15H26N8O2S. The highest BCUT2D eigenvalue weighted by molar-refractivity contribution is 7.89. The molecule has 0 amide bonds. The number of sulfonamides is 1. The van der Waals surface area contributed by atoms with E-state index < -0.39 is 10.0 Å². The van der Waals surface area contributed by atoms with Crippen LogP contribution in [0.5, 0.6) is 0 Å². The number of piperazine rings is 1. The molecule has 0 saturated carbocycles. The van der Waals surface area contributed by atoms with Crippen LogP contribution in [0.25, 0.3) is 5.65 Å². The van der Waals surface area contributed by atoms with Gasteiger partial charge >= 0.3 is 0 Å². The van der Waals surface area contributed by atoms with Gasteiger partial charge in [0.1, 0.15) is 0 Å². The summed E-state index contributed by atoms with van der Waals surface area (Å²) in [5, 5.41) is 7.30. The smallest absolute Gasteiger partial charge is 0.230 e. The summed E-state index contributed by atoms with van der Waals surface area (Å²) in [5.74, 6) is 1.09. The number of likely N-dealkylation sites (N-methyl/N-ethyl adjacent to an activating group) is 1. The van der Waals surface area contributed by atoms with Crippen molar-refractivity contribution in [3.8, 4) is 0 Å². The van der Waals surface area contributed by atoms with Crippen molar-refractivity contribution >= 4 is 27.6 Å². The molecule has 0 bridgehead atoms. The Hall–Kier alpha value is -1.98. The van der Waals surface area contributed by atoms with Crippen molar-refractivity contribution in [2.75, 3.05) is 55.7 Å². The minimum atomic E-state index is -3.33. The van der Waals surface area contributed by atoms with Crippen LogP contribution in [0.1, 0.15) is 13.8 Å². The van der Waals surface area contributed by atoms with E-state index in [1.807, 2.05) is 6.07 Å². The van der Waals surface area contributed by atoms with Gasteiger partial charge in [-0.25, -0.2) is 13.1 Å². The Bertz CT molecular complexity index is 842. The van der Waals surface area contributed by atoms with E-state index >= 15 is 0 Å². The second-order valence-electron chi connectivity index (χ2n) is 6.76. The van der Waals surface area contributed by atoms with Crippen LogP contribution in [0.15, 0.2) is 12.3 Å². The van der Waals surface area contributed by atoms with Crippen molar-refractivity contribution in [3.63, 3.8) is 0 Å². The summed E-state index contributed by atoms with van der Waals surface area (Å²) in [6, 6.07) is 1.68. The van der Waals surface area contributed by atoms with Gasteiger partial charge in [0, 0.05) is 44.8 Å². The number of rotatable bonds is 7. The maximum Gasteiger partial charge on any atom is 0.230 e. The van der Waals surface area contributed by atoms with Crippen LogP contribution in [0.3, 0.4) is 0 Å². The predicted molar refractivity (Wildman–Crippen MR) is 101 cm³/mol. The van der Waals surface area contributed by atoms with Gasteiger partial charge in [-0.1, -0.05) is 0 Å². The van der Waals surface area contributed by atoms with Gasteiger partial charge < -0.3 is 15.1 Å². The zero-order valence-electron chi connectivity index (χ0n) is 15.4. The lowest BCUT2D eigenvalue weighted by molar-refractivity contribution is 0.311. The van der Waals surface area contributed by atoms with E-state index in [-0.39, 0.29) is 18.3 Å². The van der Waals surface area contributed by atoms with Gasteiger partial charge in [0.05, 0.1) is 11.9 Å². The first kappa shape index (κ1) is 18.8. The summed E-state index contributed by atoms with van der Waals surface area (Å²) < 4.78 is 28.1. The standard InChI is InChI=1S/C15H26N8O2S/c1-12(2)20-26(24,25)11-6-16-14-19-15(18-13-4-5-17-23(13)14)22-9-7-21(3)8-10-22/h4-5,12,20H,6-11H2,1-3H3,(H,16,18,19). The topological polar surface area (TPSA) is 108 Å². The van der Waals surface area contributed by atoms with Gasteiger partial charge in [-0.3, -0.25) is 0 Å². The number of hydrogen-bond donors (Lipinski definition) is 2. The molecule has 11 heteroatoms. The lowest BCUT2D eigenvalue weighted by atomic mass is 10.3. The molecule has 0 radical (unpaired) electrons. The molecule has 2 aromatic heterocycles. The van der Waals surface area contributed by atoms with Gasteiger partial charge in [-0.05, 0) is 20.9 Å². The number of aromatic nitrogens is 4. The van der Waals surface area contributed by atoms with E-state index in [1.54, 1.807) is 24.6 Å². The zero-order valence-corrected chi connectivity index (χ0v) is 16.2. The molecular weight excluding hydrogens is 356 g/mol. The van der Waals surface area contributed by atoms with E-state index in [2.05, 4.69) is 42.0 Å². The molecule has 0 atom stereocenters. The molecule has 3 rings (SSSR count). The predicted octanol–water partition coefficient (Wildman–Crippen LogP) is -0.384. The van der Waals surface area contributed by atoms with Gasteiger partial charge in [0.2, 0.25) is 21.9 Å². The van der Waals surface area contributed by atoms with Gasteiger partial charge in [0.25, 0.3) is 0 Å². The normalized spacial score (nSPS) is 16.5. The molecule has 1 aliphatic heterocycles. The van der Waals surface area contributed by atoms with Crippen molar-refractivity contribution in [2.45, 2.75) is 19.9 Å². The second-order valence-corrected chi connectivity index (χ2v) is 8.63. The maximum absolute atomic E-state index is 12.0. The number of hydrogen-bond acceptors (Lipinski definition) is 8. The fourth-order valence-electron chi connectivity index (χ4n) is 2.79. The van der Waals surface area contributed by atoms with Crippen LogP contribution in [0, 0.1) is 0 Å². The third kappa shape index (κ3) is 4.59. The molecule has 2 N–H and O–H groups in total. The summed E-state index contributed by atoms with van der Waals surface area (Å²) in [6.07, 6.45) is 1.65. The quantitative estimate of drug-likeness (QED) is 0.667. The maximum atomic E-state index is 12.0. The van der Waals surface area contributed by atoms with Gasteiger partial charge in [-0.15, -0.1) is 0 Å². The fourth-order valence-corrected chi connectivity index (χ4v) is 4.00. The summed E-state index contributed by atoms with van der Waals surface area (Å²) in [7, 11) is -1.23. The molecule has 1 saturated heterocycles. The van der Waals surface area contributed by atoms with Crippen LogP contribution >= 0.6 is 0 Å². The summed E-state index contributed by atoms with van der Waals surface area (Å²) in [5.41, 5.74) is 0.680. The molecule has 10 nitrogen and oxygen atoms in total. The van der Waals surface area contributed by atoms with E-state index in [9.17, 15) is 8.42 Å². The number of fused-ring (bicyclic) bond motifs is 1. The first-order valence-corrected chi connectivity index (χ1v) is 10.4. The van der Waals surface area contributed by atoms with E-state index in [0.717, 1.165) is 26.2 Å². The number of anilines is 2. The molecule has 0 spiro atoms. The highest BCUT2D eigenvalue weighted by Crippen LogP contribution is 2.16. The van der Waals surface area contributed by atoms with Gasteiger partial charge in [-0.2, -0.15) is 19.6 Å². The fraction of sp³-hybridized carbons (Fsp3) is 0.667. The van der Waals surface area contributed by atoms with Crippen LogP contribution in [-0.2, 0) is 10.0 Å². The monoisotopic (exact) mass is 382 g/mol. The average molecular weight is 382 g/mol. The van der Waals surface area contributed by atoms with Crippen molar-refractivity contribution in [1.29, 1.82) is 0 Å². The van der Waals surface area contributed by atoms with Crippen molar-refractivity contribution in [1.82, 2.24) is 29.2 Å². The second kappa shape index (κ2) is 7.72. The Morgan fingerprint density at radius 2 is 1.92 bits per heavy atom. The molecule has 26 heavy (non-hydrogen) atoms.